The Balaban J connectivity index is 3.89. The second-order valence-corrected chi connectivity index (χ2v) is 7.28. The van der Waals surface area contributed by atoms with Crippen molar-refractivity contribution in [3.8, 4) is 0 Å². The number of nitrogens with two attached hydrogens (primary N) is 2. The molecule has 0 rings (SSSR count). The Hall–Kier alpha value is 0.0569. The summed E-state index contributed by atoms with van der Waals surface area (Å²) in [5.74, 6) is 0. The van der Waals surface area contributed by atoms with Crippen LogP contribution < -0.4 is 11.5 Å². The largest absolute Gasteiger partial charge is 0.395 e. The third-order valence-corrected chi connectivity index (χ3v) is 5.25. The second-order valence-electron chi connectivity index (χ2n) is 3.99. The quantitative estimate of drug-likeness (QED) is 0.361. The van der Waals surface area contributed by atoms with Crippen LogP contribution in [0, 0.1) is 0 Å². The molecule has 4 nitrogen and oxygen atoms in total. The molecule has 2 unspecified atom stereocenters. The van der Waals surface area contributed by atoms with Gasteiger partial charge >= 0.3 is 8.56 Å². The van der Waals surface area contributed by atoms with Gasteiger partial charge in [-0.15, -0.1) is 0 Å². The molecule has 5 heteroatoms. The van der Waals surface area contributed by atoms with Crippen molar-refractivity contribution < 1.29 is 8.85 Å². The predicted molar refractivity (Wildman–Crippen MR) is 65.7 cm³/mol. The lowest BCUT2D eigenvalue weighted by Gasteiger charge is -2.28. The van der Waals surface area contributed by atoms with E-state index >= 15 is 0 Å². The molecule has 0 aliphatic rings. The van der Waals surface area contributed by atoms with Crippen LogP contribution in [0.4, 0.5) is 0 Å². The maximum absolute atomic E-state index is 5.73. The molecule has 0 aliphatic heterocycles. The first-order chi connectivity index (χ1) is 7.04. The molecule has 0 aliphatic carbocycles. The van der Waals surface area contributed by atoms with E-state index in [9.17, 15) is 0 Å². The van der Waals surface area contributed by atoms with Crippen LogP contribution in [0.25, 0.3) is 0 Å². The van der Waals surface area contributed by atoms with Crippen LogP contribution in [0.2, 0.25) is 12.6 Å². The number of rotatable bonds is 9. The Morgan fingerprint density at radius 1 is 1.27 bits per heavy atom. The summed E-state index contributed by atoms with van der Waals surface area (Å²) >= 11 is 0. The molecule has 0 bridgehead atoms. The van der Waals surface area contributed by atoms with Crippen molar-refractivity contribution >= 4 is 8.56 Å². The molecular formula is C10H26N2O2Si. The van der Waals surface area contributed by atoms with Gasteiger partial charge in [0.25, 0.3) is 0 Å². The fourth-order valence-corrected chi connectivity index (χ4v) is 4.25. The van der Waals surface area contributed by atoms with Gasteiger partial charge in [0.1, 0.15) is 0 Å². The van der Waals surface area contributed by atoms with Crippen LogP contribution in [0.5, 0.6) is 0 Å². The van der Waals surface area contributed by atoms with Gasteiger partial charge < -0.3 is 20.3 Å². The van der Waals surface area contributed by atoms with E-state index in [4.69, 9.17) is 20.3 Å². The highest BCUT2D eigenvalue weighted by Crippen LogP contribution is 2.18. The molecule has 0 spiro atoms. The fourth-order valence-electron chi connectivity index (χ4n) is 1.63. The van der Waals surface area contributed by atoms with Crippen LogP contribution in [0.3, 0.4) is 0 Å². The molecule has 0 aromatic carbocycles. The lowest BCUT2D eigenvalue weighted by molar-refractivity contribution is 0.134. The standard InChI is InChI=1S/C10H26N2O2Si/c1-4-13-15(3,14-10(2)12)9-7-5-6-8-11/h10H,4-9,11-12H2,1-3H3. The third kappa shape index (κ3) is 7.93. The van der Waals surface area contributed by atoms with Gasteiger partial charge in [-0.25, -0.2) is 0 Å². The summed E-state index contributed by atoms with van der Waals surface area (Å²) in [6, 6.07) is 1.00. The van der Waals surface area contributed by atoms with Crippen LogP contribution >= 0.6 is 0 Å². The van der Waals surface area contributed by atoms with E-state index in [1.807, 2.05) is 13.8 Å². The van der Waals surface area contributed by atoms with Crippen LogP contribution in [-0.2, 0) is 8.85 Å². The minimum Gasteiger partial charge on any atom is -0.395 e. The van der Waals surface area contributed by atoms with E-state index in [2.05, 4.69) is 6.55 Å². The molecule has 0 saturated carbocycles. The molecule has 0 fully saturated rings. The monoisotopic (exact) mass is 234 g/mol. The van der Waals surface area contributed by atoms with E-state index in [0.717, 1.165) is 31.9 Å². The molecular weight excluding hydrogens is 208 g/mol. The zero-order valence-corrected chi connectivity index (χ0v) is 11.3. The zero-order chi connectivity index (χ0) is 11.7. The number of hydrogen-bond acceptors (Lipinski definition) is 4. The van der Waals surface area contributed by atoms with E-state index in [-0.39, 0.29) is 6.23 Å². The Labute approximate surface area is 94.6 Å². The van der Waals surface area contributed by atoms with Crippen molar-refractivity contribution in [3.05, 3.63) is 0 Å². The highest BCUT2D eigenvalue weighted by molar-refractivity contribution is 6.66. The maximum Gasteiger partial charge on any atom is 0.336 e. The van der Waals surface area contributed by atoms with E-state index in [1.54, 1.807) is 0 Å². The third-order valence-electron chi connectivity index (χ3n) is 2.22. The van der Waals surface area contributed by atoms with Gasteiger partial charge in [0.2, 0.25) is 0 Å². The summed E-state index contributed by atoms with van der Waals surface area (Å²) in [4.78, 5) is 0. The lowest BCUT2D eigenvalue weighted by Crippen LogP contribution is -2.44. The smallest absolute Gasteiger partial charge is 0.336 e. The van der Waals surface area contributed by atoms with E-state index < -0.39 is 8.56 Å². The first-order valence-corrected chi connectivity index (χ1v) is 8.34. The summed E-state index contributed by atoms with van der Waals surface area (Å²) in [6.07, 6.45) is 3.11. The van der Waals surface area contributed by atoms with Crippen LogP contribution in [0.1, 0.15) is 33.1 Å². The van der Waals surface area contributed by atoms with Gasteiger partial charge in [0, 0.05) is 6.61 Å². The van der Waals surface area contributed by atoms with Crippen molar-refractivity contribution in [1.82, 2.24) is 0 Å². The van der Waals surface area contributed by atoms with Gasteiger partial charge in [-0.05, 0) is 39.4 Å². The Bertz CT molecular complexity index is 158. The molecule has 0 heterocycles. The summed E-state index contributed by atoms with van der Waals surface area (Å²) in [7, 11) is -2.03. The fraction of sp³-hybridized carbons (Fsp3) is 1.00. The maximum atomic E-state index is 5.73. The van der Waals surface area contributed by atoms with Crippen molar-refractivity contribution in [1.29, 1.82) is 0 Å². The predicted octanol–water partition coefficient (Wildman–Crippen LogP) is 1.55. The van der Waals surface area contributed by atoms with Gasteiger partial charge in [-0.2, -0.15) is 0 Å². The van der Waals surface area contributed by atoms with Gasteiger partial charge in [0.15, 0.2) is 0 Å². The molecule has 0 aromatic heterocycles. The Kier molecular flexibility index (Phi) is 8.27. The highest BCUT2D eigenvalue weighted by Gasteiger charge is 2.31. The molecule has 0 aromatic rings. The summed E-state index contributed by atoms with van der Waals surface area (Å²) in [5.41, 5.74) is 11.1. The van der Waals surface area contributed by atoms with Crippen LogP contribution in [0.15, 0.2) is 0 Å². The zero-order valence-electron chi connectivity index (χ0n) is 10.3. The highest BCUT2D eigenvalue weighted by atomic mass is 28.4. The number of hydrogen-bond donors (Lipinski definition) is 2. The molecule has 0 radical (unpaired) electrons. The molecule has 0 amide bonds. The average Bonchev–Trinajstić information content (AvgIpc) is 2.11. The van der Waals surface area contributed by atoms with Crippen LogP contribution in [-0.4, -0.2) is 27.9 Å². The summed E-state index contributed by atoms with van der Waals surface area (Å²) < 4.78 is 11.4. The molecule has 0 saturated heterocycles. The summed E-state index contributed by atoms with van der Waals surface area (Å²) in [6.45, 7) is 7.40. The lowest BCUT2D eigenvalue weighted by atomic mass is 10.2. The first-order valence-electron chi connectivity index (χ1n) is 5.81. The van der Waals surface area contributed by atoms with Crippen molar-refractivity contribution in [2.45, 2.75) is 51.9 Å². The first kappa shape index (κ1) is 15.1. The van der Waals surface area contributed by atoms with E-state index in [1.165, 1.54) is 0 Å². The SMILES string of the molecule is CCO[Si](C)(CCCCCN)OC(C)N. The molecule has 15 heavy (non-hydrogen) atoms. The van der Waals surface area contributed by atoms with E-state index in [0.29, 0.717) is 6.61 Å². The van der Waals surface area contributed by atoms with Gasteiger partial charge in [-0.1, -0.05) is 12.8 Å². The number of unbranched alkanes of at least 4 members (excludes halogenated alkanes) is 2. The van der Waals surface area contributed by atoms with Crippen molar-refractivity contribution in [2.24, 2.45) is 11.5 Å². The molecule has 92 valence electrons. The molecule has 2 atom stereocenters. The topological polar surface area (TPSA) is 70.5 Å². The second kappa shape index (κ2) is 8.24. The Morgan fingerprint density at radius 2 is 1.93 bits per heavy atom. The van der Waals surface area contributed by atoms with Gasteiger partial charge in [-0.3, -0.25) is 0 Å². The van der Waals surface area contributed by atoms with Gasteiger partial charge in [0.05, 0.1) is 6.23 Å². The minimum atomic E-state index is -2.03. The average molecular weight is 234 g/mol. The van der Waals surface area contributed by atoms with Crippen molar-refractivity contribution in [2.75, 3.05) is 13.2 Å². The molecule has 4 N–H and O–H groups in total. The summed E-state index contributed by atoms with van der Waals surface area (Å²) in [5, 5.41) is 0. The Morgan fingerprint density at radius 3 is 2.40 bits per heavy atom. The minimum absolute atomic E-state index is 0.234. The van der Waals surface area contributed by atoms with Crippen molar-refractivity contribution in [3.63, 3.8) is 0 Å². The normalized spacial score (nSPS) is 17.4.